The van der Waals surface area contributed by atoms with Crippen LogP contribution in [0.2, 0.25) is 0 Å². The number of pyridine rings is 1. The van der Waals surface area contributed by atoms with Crippen LogP contribution in [0, 0.1) is 23.4 Å². The average molecular weight is 242 g/mol. The van der Waals surface area contributed by atoms with E-state index in [1.807, 2.05) is 0 Å². The van der Waals surface area contributed by atoms with E-state index in [0.717, 1.165) is 18.3 Å². The van der Waals surface area contributed by atoms with E-state index in [2.05, 4.69) is 10.3 Å². The molecule has 0 spiro atoms. The Balaban J connectivity index is 2.36. The number of halogens is 4. The van der Waals surface area contributed by atoms with Gasteiger partial charge in [0.05, 0.1) is 5.69 Å². The summed E-state index contributed by atoms with van der Waals surface area (Å²) in [7, 11) is 0. The van der Waals surface area contributed by atoms with Gasteiger partial charge >= 0.3 is 0 Å². The monoisotopic (exact) mass is 242 g/mol. The third-order valence-electron chi connectivity index (χ3n) is 2.00. The summed E-state index contributed by atoms with van der Waals surface area (Å²) in [4.78, 5) is 3.29. The van der Waals surface area contributed by atoms with Gasteiger partial charge in [-0.05, 0) is 6.07 Å². The fourth-order valence-electron chi connectivity index (χ4n) is 1.28. The van der Waals surface area contributed by atoms with Gasteiger partial charge in [-0.3, -0.25) is 0 Å². The molecule has 1 heterocycles. The molecule has 88 valence electrons. The molecule has 1 aromatic carbocycles. The van der Waals surface area contributed by atoms with E-state index in [9.17, 15) is 17.6 Å². The fourth-order valence-corrected chi connectivity index (χ4v) is 1.28. The van der Waals surface area contributed by atoms with Gasteiger partial charge in [0.2, 0.25) is 5.95 Å². The smallest absolute Gasteiger partial charge is 0.214 e. The molecule has 0 atom stereocenters. The molecule has 6 heteroatoms. The van der Waals surface area contributed by atoms with Crippen molar-refractivity contribution in [3.8, 4) is 0 Å². The molecular formula is C11H6F4N2. The Labute approximate surface area is 93.9 Å². The van der Waals surface area contributed by atoms with Crippen LogP contribution in [0.5, 0.6) is 0 Å². The van der Waals surface area contributed by atoms with Gasteiger partial charge < -0.3 is 5.32 Å². The number of anilines is 2. The lowest BCUT2D eigenvalue weighted by Crippen LogP contribution is -1.98. The topological polar surface area (TPSA) is 24.9 Å². The van der Waals surface area contributed by atoms with Gasteiger partial charge in [-0.1, -0.05) is 0 Å². The largest absolute Gasteiger partial charge is 0.353 e. The van der Waals surface area contributed by atoms with E-state index in [4.69, 9.17) is 0 Å². The number of nitrogens with zero attached hydrogens (tertiary/aromatic N) is 1. The molecule has 0 aliphatic heterocycles. The van der Waals surface area contributed by atoms with Crippen molar-refractivity contribution in [1.82, 2.24) is 4.98 Å². The van der Waals surface area contributed by atoms with E-state index < -0.39 is 29.1 Å². The third kappa shape index (κ3) is 2.52. The van der Waals surface area contributed by atoms with Crippen molar-refractivity contribution >= 4 is 11.4 Å². The molecule has 0 saturated carbocycles. The molecule has 17 heavy (non-hydrogen) atoms. The molecule has 2 nitrogen and oxygen atoms in total. The minimum atomic E-state index is -1.32. The second-order valence-electron chi connectivity index (χ2n) is 3.24. The zero-order valence-corrected chi connectivity index (χ0v) is 8.35. The van der Waals surface area contributed by atoms with Crippen molar-refractivity contribution < 1.29 is 17.6 Å². The third-order valence-corrected chi connectivity index (χ3v) is 2.00. The zero-order valence-electron chi connectivity index (χ0n) is 8.35. The molecule has 0 radical (unpaired) electrons. The summed E-state index contributed by atoms with van der Waals surface area (Å²) in [5.74, 6) is -4.26. The van der Waals surface area contributed by atoms with Crippen LogP contribution >= 0.6 is 0 Å². The van der Waals surface area contributed by atoms with Gasteiger partial charge in [0.1, 0.15) is 5.82 Å². The number of hydrogen-bond donors (Lipinski definition) is 1. The maximum Gasteiger partial charge on any atom is 0.214 e. The molecule has 0 aliphatic carbocycles. The first-order chi connectivity index (χ1) is 8.06. The Bertz CT molecular complexity index is 557. The number of aromatic nitrogens is 1. The summed E-state index contributed by atoms with van der Waals surface area (Å²) in [5, 5.41) is 2.36. The van der Waals surface area contributed by atoms with E-state index in [0.29, 0.717) is 6.07 Å². The Kier molecular flexibility index (Phi) is 2.95. The molecule has 0 saturated heterocycles. The molecule has 2 rings (SSSR count). The Morgan fingerprint density at radius 2 is 1.76 bits per heavy atom. The highest BCUT2D eigenvalue weighted by molar-refractivity contribution is 5.59. The highest BCUT2D eigenvalue weighted by atomic mass is 19.2. The Morgan fingerprint density at radius 3 is 2.47 bits per heavy atom. The lowest BCUT2D eigenvalue weighted by molar-refractivity contribution is 0.498. The molecule has 0 aliphatic rings. The van der Waals surface area contributed by atoms with Crippen molar-refractivity contribution in [2.45, 2.75) is 0 Å². The van der Waals surface area contributed by atoms with Gasteiger partial charge in [-0.25, -0.2) is 18.2 Å². The molecule has 0 bridgehead atoms. The fraction of sp³-hybridized carbons (Fsp3) is 0. The van der Waals surface area contributed by atoms with Crippen LogP contribution in [0.25, 0.3) is 0 Å². The zero-order chi connectivity index (χ0) is 12.4. The van der Waals surface area contributed by atoms with Crippen LogP contribution in [-0.2, 0) is 0 Å². The van der Waals surface area contributed by atoms with Crippen LogP contribution in [0.3, 0.4) is 0 Å². The molecule has 0 fully saturated rings. The normalized spacial score (nSPS) is 10.4. The molecule has 0 amide bonds. The van der Waals surface area contributed by atoms with Crippen molar-refractivity contribution in [3.05, 3.63) is 53.9 Å². The summed E-state index contributed by atoms with van der Waals surface area (Å²) < 4.78 is 51.7. The van der Waals surface area contributed by atoms with Gasteiger partial charge in [0.15, 0.2) is 11.6 Å². The van der Waals surface area contributed by atoms with Crippen molar-refractivity contribution in [3.63, 3.8) is 0 Å². The maximum atomic E-state index is 13.3. The lowest BCUT2D eigenvalue weighted by atomic mass is 10.2. The van der Waals surface area contributed by atoms with Gasteiger partial charge in [0, 0.05) is 30.1 Å². The summed E-state index contributed by atoms with van der Waals surface area (Å²) in [6.07, 6.45) is 1.14. The van der Waals surface area contributed by atoms with Gasteiger partial charge in [-0.2, -0.15) is 4.39 Å². The van der Waals surface area contributed by atoms with Crippen LogP contribution in [0.4, 0.5) is 28.9 Å². The summed E-state index contributed by atoms with van der Waals surface area (Å²) in [6, 6.07) is 3.51. The molecule has 0 unspecified atom stereocenters. The van der Waals surface area contributed by atoms with E-state index in [-0.39, 0.29) is 5.69 Å². The lowest BCUT2D eigenvalue weighted by Gasteiger charge is -2.08. The number of benzene rings is 1. The van der Waals surface area contributed by atoms with E-state index in [1.54, 1.807) is 0 Å². The van der Waals surface area contributed by atoms with Crippen LogP contribution in [-0.4, -0.2) is 4.98 Å². The first kappa shape index (κ1) is 11.4. The Hall–Kier alpha value is -2.11. The number of rotatable bonds is 2. The van der Waals surface area contributed by atoms with Crippen molar-refractivity contribution in [2.24, 2.45) is 0 Å². The standard InChI is InChI=1S/C11H6F4N2/c12-6-3-8(13)11(15)9(4-6)17-7-1-2-16-10(14)5-7/h1-5H,(H,16,17). The average Bonchev–Trinajstić information content (AvgIpc) is 2.25. The second-order valence-corrected chi connectivity index (χ2v) is 3.24. The summed E-state index contributed by atoms with van der Waals surface area (Å²) in [6.45, 7) is 0. The quantitative estimate of drug-likeness (QED) is 0.496. The first-order valence-electron chi connectivity index (χ1n) is 4.59. The predicted octanol–water partition coefficient (Wildman–Crippen LogP) is 3.38. The van der Waals surface area contributed by atoms with Crippen molar-refractivity contribution in [2.75, 3.05) is 5.32 Å². The second kappa shape index (κ2) is 4.40. The van der Waals surface area contributed by atoms with Crippen LogP contribution in [0.1, 0.15) is 0 Å². The van der Waals surface area contributed by atoms with E-state index >= 15 is 0 Å². The number of nitrogens with one attached hydrogen (secondary N) is 1. The van der Waals surface area contributed by atoms with Gasteiger partial charge in [0.25, 0.3) is 0 Å². The highest BCUT2D eigenvalue weighted by Crippen LogP contribution is 2.23. The summed E-state index contributed by atoms with van der Waals surface area (Å²) in [5.41, 5.74) is -0.269. The van der Waals surface area contributed by atoms with E-state index in [1.165, 1.54) is 6.07 Å². The maximum absolute atomic E-state index is 13.3. The highest BCUT2D eigenvalue weighted by Gasteiger charge is 2.11. The Morgan fingerprint density at radius 1 is 1.00 bits per heavy atom. The van der Waals surface area contributed by atoms with Crippen LogP contribution in [0.15, 0.2) is 30.5 Å². The number of hydrogen-bond acceptors (Lipinski definition) is 2. The molecule has 2 aromatic rings. The molecular weight excluding hydrogens is 236 g/mol. The molecule has 1 aromatic heterocycles. The van der Waals surface area contributed by atoms with Crippen molar-refractivity contribution in [1.29, 1.82) is 0 Å². The SMILES string of the molecule is Fc1cc(F)c(F)c(Nc2ccnc(F)c2)c1. The minimum Gasteiger partial charge on any atom is -0.353 e. The van der Waals surface area contributed by atoms with Crippen LogP contribution < -0.4 is 5.32 Å². The first-order valence-corrected chi connectivity index (χ1v) is 4.59. The van der Waals surface area contributed by atoms with Gasteiger partial charge in [-0.15, -0.1) is 0 Å². The minimum absolute atomic E-state index is 0.140. The predicted molar refractivity (Wildman–Crippen MR) is 53.8 cm³/mol. The summed E-state index contributed by atoms with van der Waals surface area (Å²) >= 11 is 0. The molecule has 1 N–H and O–H groups in total.